The van der Waals surface area contributed by atoms with Crippen molar-refractivity contribution in [2.75, 3.05) is 26.1 Å². The van der Waals surface area contributed by atoms with Gasteiger partial charge in [0, 0.05) is 30.8 Å². The topological polar surface area (TPSA) is 95.3 Å². The van der Waals surface area contributed by atoms with Crippen LogP contribution in [0.2, 0.25) is 0 Å². The van der Waals surface area contributed by atoms with E-state index in [2.05, 4.69) is 22.4 Å². The Morgan fingerprint density at radius 2 is 1.85 bits per heavy atom. The van der Waals surface area contributed by atoms with E-state index >= 15 is 0 Å². The fourth-order valence-electron chi connectivity index (χ4n) is 4.55. The van der Waals surface area contributed by atoms with Crippen LogP contribution < -0.4 is 16.6 Å². The lowest BCUT2D eigenvalue weighted by Crippen LogP contribution is -2.43. The maximum Gasteiger partial charge on any atom is 0.266 e. The zero-order chi connectivity index (χ0) is 23.0. The van der Waals surface area contributed by atoms with Crippen molar-refractivity contribution in [1.29, 1.82) is 0 Å². The fourth-order valence-corrected chi connectivity index (χ4v) is 4.55. The molecule has 0 radical (unpaired) electrons. The van der Waals surface area contributed by atoms with Gasteiger partial charge in [0.15, 0.2) is 0 Å². The molecule has 0 aliphatic heterocycles. The predicted octanol–water partition coefficient (Wildman–Crippen LogP) is 4.35. The Labute approximate surface area is 192 Å². The van der Waals surface area contributed by atoms with E-state index in [1.54, 1.807) is 18.7 Å². The summed E-state index contributed by atoms with van der Waals surface area (Å²) < 4.78 is 13.1. The van der Waals surface area contributed by atoms with Gasteiger partial charge >= 0.3 is 0 Å². The maximum absolute atomic E-state index is 13.6. The Hall–Kier alpha value is -3.42. The SMILES string of the molecule is CNc1nc2oc(-c3ccc(C4(N)CCC4)cc3)c(-c3ccccc3)c2c(=O)n1CCOC. The van der Waals surface area contributed by atoms with Crippen molar-refractivity contribution >= 4 is 17.0 Å². The van der Waals surface area contributed by atoms with Crippen LogP contribution in [0.3, 0.4) is 0 Å². The summed E-state index contributed by atoms with van der Waals surface area (Å²) in [5, 5.41) is 3.47. The molecule has 0 spiro atoms. The summed E-state index contributed by atoms with van der Waals surface area (Å²) in [6.45, 7) is 0.784. The van der Waals surface area contributed by atoms with Crippen molar-refractivity contribution in [3.63, 3.8) is 0 Å². The number of nitrogens with one attached hydrogen (secondary N) is 1. The van der Waals surface area contributed by atoms with Gasteiger partial charge in [0.05, 0.1) is 13.2 Å². The highest BCUT2D eigenvalue weighted by molar-refractivity contribution is 6.00. The molecule has 1 aliphatic rings. The molecule has 7 heteroatoms. The summed E-state index contributed by atoms with van der Waals surface area (Å²) in [5.74, 6) is 1.06. The maximum atomic E-state index is 13.6. The number of rotatable bonds is 7. The van der Waals surface area contributed by atoms with Crippen LogP contribution in [0.15, 0.2) is 63.8 Å². The Morgan fingerprint density at radius 3 is 2.45 bits per heavy atom. The molecule has 2 aromatic heterocycles. The van der Waals surface area contributed by atoms with Gasteiger partial charge in [0.1, 0.15) is 11.1 Å². The van der Waals surface area contributed by atoms with Crippen LogP contribution in [0.4, 0.5) is 5.95 Å². The van der Waals surface area contributed by atoms with Crippen molar-refractivity contribution in [2.45, 2.75) is 31.3 Å². The minimum absolute atomic E-state index is 0.165. The van der Waals surface area contributed by atoms with E-state index in [4.69, 9.17) is 14.9 Å². The third kappa shape index (κ3) is 3.63. The van der Waals surface area contributed by atoms with Gasteiger partial charge in [-0.15, -0.1) is 0 Å². The number of nitrogens with two attached hydrogens (primary N) is 1. The number of fused-ring (bicyclic) bond motifs is 1. The van der Waals surface area contributed by atoms with Crippen LogP contribution in [-0.4, -0.2) is 30.3 Å². The second-order valence-corrected chi connectivity index (χ2v) is 8.57. The molecule has 33 heavy (non-hydrogen) atoms. The van der Waals surface area contributed by atoms with E-state index in [0.29, 0.717) is 36.0 Å². The zero-order valence-corrected chi connectivity index (χ0v) is 18.9. The number of aromatic nitrogens is 2. The molecule has 7 nitrogen and oxygen atoms in total. The van der Waals surface area contributed by atoms with Gasteiger partial charge in [-0.1, -0.05) is 54.6 Å². The van der Waals surface area contributed by atoms with E-state index in [9.17, 15) is 4.79 Å². The van der Waals surface area contributed by atoms with Gasteiger partial charge in [0.2, 0.25) is 11.7 Å². The van der Waals surface area contributed by atoms with Crippen molar-refractivity contribution < 1.29 is 9.15 Å². The number of hydrogen-bond acceptors (Lipinski definition) is 6. The predicted molar refractivity (Wildman–Crippen MR) is 130 cm³/mol. The fraction of sp³-hybridized carbons (Fsp3) is 0.308. The van der Waals surface area contributed by atoms with E-state index in [-0.39, 0.29) is 11.1 Å². The first-order valence-corrected chi connectivity index (χ1v) is 11.2. The first-order chi connectivity index (χ1) is 16.1. The monoisotopic (exact) mass is 444 g/mol. The highest BCUT2D eigenvalue weighted by Gasteiger charge is 2.34. The van der Waals surface area contributed by atoms with Gasteiger partial charge < -0.3 is 20.2 Å². The Bertz CT molecular complexity index is 1340. The van der Waals surface area contributed by atoms with Gasteiger partial charge in [-0.2, -0.15) is 4.98 Å². The van der Waals surface area contributed by atoms with Gasteiger partial charge in [0.25, 0.3) is 5.56 Å². The number of furan rings is 1. The van der Waals surface area contributed by atoms with Crippen LogP contribution in [0.5, 0.6) is 0 Å². The quantitative estimate of drug-likeness (QED) is 0.440. The summed E-state index contributed by atoms with van der Waals surface area (Å²) in [5.41, 5.74) is 10.1. The molecule has 1 saturated carbocycles. The number of ether oxygens (including phenoxy) is 1. The molecule has 0 amide bonds. The molecular weight excluding hydrogens is 416 g/mol. The molecule has 5 rings (SSSR count). The van der Waals surface area contributed by atoms with E-state index in [0.717, 1.165) is 41.5 Å². The van der Waals surface area contributed by atoms with Crippen molar-refractivity contribution in [3.8, 4) is 22.5 Å². The summed E-state index contributed by atoms with van der Waals surface area (Å²) >= 11 is 0. The minimum Gasteiger partial charge on any atom is -0.437 e. The summed E-state index contributed by atoms with van der Waals surface area (Å²) in [6, 6.07) is 18.0. The van der Waals surface area contributed by atoms with E-state index < -0.39 is 0 Å². The number of methoxy groups -OCH3 is 1. The third-order valence-corrected chi connectivity index (χ3v) is 6.58. The second-order valence-electron chi connectivity index (χ2n) is 8.57. The molecule has 0 bridgehead atoms. The van der Waals surface area contributed by atoms with Crippen molar-refractivity contribution in [2.24, 2.45) is 5.73 Å². The molecule has 1 fully saturated rings. The molecule has 2 aromatic carbocycles. The Balaban J connectivity index is 1.73. The Kier molecular flexibility index (Phi) is 5.52. The largest absolute Gasteiger partial charge is 0.437 e. The lowest BCUT2D eigenvalue weighted by atomic mass is 9.72. The van der Waals surface area contributed by atoms with Gasteiger partial charge in [-0.25, -0.2) is 0 Å². The van der Waals surface area contributed by atoms with Crippen molar-refractivity contribution in [3.05, 3.63) is 70.5 Å². The van der Waals surface area contributed by atoms with Crippen LogP contribution in [0.25, 0.3) is 33.6 Å². The third-order valence-electron chi connectivity index (χ3n) is 6.58. The molecule has 4 aromatic rings. The number of benzene rings is 2. The van der Waals surface area contributed by atoms with Crippen LogP contribution in [0.1, 0.15) is 24.8 Å². The van der Waals surface area contributed by atoms with Crippen LogP contribution >= 0.6 is 0 Å². The van der Waals surface area contributed by atoms with Crippen LogP contribution in [-0.2, 0) is 16.8 Å². The van der Waals surface area contributed by atoms with Crippen molar-refractivity contribution in [1.82, 2.24) is 9.55 Å². The number of anilines is 1. The highest BCUT2D eigenvalue weighted by atomic mass is 16.5. The highest BCUT2D eigenvalue weighted by Crippen LogP contribution is 2.42. The molecular formula is C26H28N4O3. The molecule has 2 heterocycles. The summed E-state index contributed by atoms with van der Waals surface area (Å²) in [6.07, 6.45) is 3.17. The van der Waals surface area contributed by atoms with E-state index in [1.807, 2.05) is 42.5 Å². The molecule has 170 valence electrons. The normalized spacial score (nSPS) is 14.9. The van der Waals surface area contributed by atoms with Gasteiger partial charge in [-0.3, -0.25) is 9.36 Å². The van der Waals surface area contributed by atoms with E-state index in [1.165, 1.54) is 0 Å². The number of hydrogen-bond donors (Lipinski definition) is 2. The van der Waals surface area contributed by atoms with Gasteiger partial charge in [-0.05, 0) is 30.4 Å². The second kappa shape index (κ2) is 8.50. The average molecular weight is 445 g/mol. The first kappa shape index (κ1) is 21.4. The lowest BCUT2D eigenvalue weighted by Gasteiger charge is -2.38. The molecule has 1 aliphatic carbocycles. The smallest absolute Gasteiger partial charge is 0.266 e. The Morgan fingerprint density at radius 1 is 1.12 bits per heavy atom. The lowest BCUT2D eigenvalue weighted by molar-refractivity contribution is 0.186. The standard InChI is InChI=1S/C26H28N4O3/c1-28-25-29-23-21(24(31)30(25)15-16-32-2)20(17-7-4-3-5-8-17)22(33-23)18-9-11-19(12-10-18)26(27)13-6-14-26/h3-5,7-12H,6,13-16,27H2,1-2H3,(H,28,29). The first-order valence-electron chi connectivity index (χ1n) is 11.2. The zero-order valence-electron chi connectivity index (χ0n) is 18.9. The molecule has 0 atom stereocenters. The summed E-state index contributed by atoms with van der Waals surface area (Å²) in [4.78, 5) is 18.3. The molecule has 3 N–H and O–H groups in total. The molecule has 0 saturated heterocycles. The molecule has 0 unspecified atom stereocenters. The summed E-state index contributed by atoms with van der Waals surface area (Å²) in [7, 11) is 3.35. The average Bonchev–Trinajstić information content (AvgIpc) is 3.22. The van der Waals surface area contributed by atoms with Crippen LogP contribution in [0, 0.1) is 0 Å². The number of nitrogens with zero attached hydrogens (tertiary/aromatic N) is 2. The minimum atomic E-state index is -0.229.